The van der Waals surface area contributed by atoms with E-state index in [1.54, 1.807) is 52.7 Å². The van der Waals surface area contributed by atoms with Gasteiger partial charge in [0.2, 0.25) is 35.4 Å². The number of aliphatic hydroxyl groups is 8. The van der Waals surface area contributed by atoms with Crippen LogP contribution in [0.3, 0.4) is 0 Å². The fourth-order valence-corrected chi connectivity index (χ4v) is 18.4. The van der Waals surface area contributed by atoms with Crippen molar-refractivity contribution in [1.29, 1.82) is 0 Å². The number of amides is 7. The molecule has 0 aliphatic carbocycles. The molecule has 0 bridgehead atoms. The van der Waals surface area contributed by atoms with Crippen LogP contribution in [0.15, 0.2) is 133 Å². The Morgan fingerprint density at radius 3 is 1.30 bits per heavy atom. The Morgan fingerprint density at radius 1 is 0.531 bits per heavy atom. The molecule has 0 spiro atoms. The zero-order valence-corrected chi connectivity index (χ0v) is 84.1. The number of nitrogens with two attached hydrogens (primary N) is 3. The highest BCUT2D eigenvalue weighted by molar-refractivity contribution is 7.13. The van der Waals surface area contributed by atoms with E-state index in [0.29, 0.717) is 48.4 Å². The molecule has 43 nitrogen and oxygen atoms in total. The molecule has 4 aromatic carbocycles. The van der Waals surface area contributed by atoms with Crippen LogP contribution in [0.5, 0.6) is 11.5 Å². The summed E-state index contributed by atoms with van der Waals surface area (Å²) in [6.45, 7) is 16.8. The number of carboxylic acid groups (broad SMARTS) is 1. The van der Waals surface area contributed by atoms with Gasteiger partial charge in [-0.05, 0) is 94.5 Å². The number of aliphatic carboxylic acids is 1. The molecule has 786 valence electrons. The Hall–Kier alpha value is -11.8. The van der Waals surface area contributed by atoms with Crippen molar-refractivity contribution in [3.05, 3.63) is 177 Å². The molecule has 0 saturated carbocycles. The number of hydrogen-bond donors (Lipinski definition) is 17. The molecule has 4 aliphatic rings. The number of carbonyl (C=O) groups excluding carboxylic acids is 7. The first-order chi connectivity index (χ1) is 69.6. The standard InChI is InChI=1S/C48H60ClN9O12S.C29H43N5O6S.C19H19ClN4O7.CH3F/c1-26-41(71-25-55-26)28-7-5-27(6-8-28)21-52-45(65)33-20-30(59)22-58(33)46(66)42(48(2,3)4)56-35(60)12-15-67-17-18-68-16-13-51-36(61)23-69-34-19-29(9-10-32(34)49)37(62)40-38(63)39(64)47(70-40)57-14-11-31-43(50)53-24-54-44(31)57;1-19-25(41-18-32-19)21-7-5-20(6-8-21)16-31-27(37)23-15-22(35)17-34(23)28(38)26(29(2,3)4)33-24(36)9-11-39-13-14-40-12-10-30;20-10-2-1-8(5-11(10)30-6-12(25)26)13(27)16-14(28)15(29)19(31-16)24-4-3-9-17(21)22-7-23-18(9)24;1-2/h5-11,14,19,24-25,30,33,37-40,42,47,59,62-64H,12-13,15-18,20-23H2,1-4H3,(H,51,61)(H,52,65)(H,56,60)(H2,50,53,54);5-8,18,22-23,26,35H,9-17,30H2,1-4H3,(H,31,37)(H,33,36);1-5,7,13-16,19,27-29H,6H2,(H,25,26)(H2,21,22,23);1H3/t30-,33+,37-,38+,39-,40-,42-,47-;22-,23?,26-;13-,14+,15-,16-,19-;/m111./s1/i;;;1D. The lowest BCUT2D eigenvalue weighted by Gasteiger charge is -2.35. The number of rotatable bonds is 41. The number of nitrogens with zero attached hydrogens (tertiary/aromatic N) is 10. The van der Waals surface area contributed by atoms with Gasteiger partial charge >= 0.3 is 5.97 Å². The summed E-state index contributed by atoms with van der Waals surface area (Å²) in [5.74, 6) is -3.41. The summed E-state index contributed by atoms with van der Waals surface area (Å²) in [6, 6.07) is 24.0. The third kappa shape index (κ3) is 30.0. The number of anilines is 2. The fourth-order valence-electron chi connectivity index (χ4n) is 16.4. The van der Waals surface area contributed by atoms with E-state index in [-0.39, 0.29) is 148 Å². The van der Waals surface area contributed by atoms with Crippen molar-refractivity contribution in [3.8, 4) is 32.4 Å². The topological polar surface area (TPSA) is 624 Å². The normalized spacial score (nSPS) is 20.7. The number of nitrogen functional groups attached to an aromatic ring is 2. The highest BCUT2D eigenvalue weighted by Gasteiger charge is 2.51. The van der Waals surface area contributed by atoms with E-state index >= 15 is 0 Å². The molecule has 10 heterocycles. The molecular formula is C97H125Cl2FN18O25S2. The number of alkyl halides is 1. The van der Waals surface area contributed by atoms with Crippen molar-refractivity contribution < 1.29 is 128 Å². The van der Waals surface area contributed by atoms with E-state index in [2.05, 4.69) is 56.5 Å². The van der Waals surface area contributed by atoms with Gasteiger partial charge in [-0.25, -0.2) is 34.7 Å². The summed E-state index contributed by atoms with van der Waals surface area (Å²) in [5, 5.41) is 110. The van der Waals surface area contributed by atoms with Crippen LogP contribution in [0.1, 0.15) is 127 Å². The summed E-state index contributed by atoms with van der Waals surface area (Å²) in [7, 11) is -1.00. The number of carbonyl (C=O) groups is 8. The van der Waals surface area contributed by atoms with E-state index in [1.165, 1.54) is 68.0 Å². The number of halogens is 3. The van der Waals surface area contributed by atoms with Crippen molar-refractivity contribution in [2.45, 2.75) is 192 Å². The van der Waals surface area contributed by atoms with E-state index in [0.717, 1.165) is 43.4 Å². The molecule has 6 aromatic heterocycles. The third-order valence-electron chi connectivity index (χ3n) is 24.0. The quantitative estimate of drug-likeness (QED) is 0.0228. The van der Waals surface area contributed by atoms with Gasteiger partial charge in [-0.3, -0.25) is 38.0 Å². The van der Waals surface area contributed by atoms with E-state index < -0.39 is 164 Å². The largest absolute Gasteiger partial charge is 0.482 e. The molecule has 4 saturated heterocycles. The molecule has 10 aromatic rings. The first-order valence-electron chi connectivity index (χ1n) is 47.1. The second kappa shape index (κ2) is 53.0. The van der Waals surface area contributed by atoms with Crippen LogP contribution in [-0.2, 0) is 79.9 Å². The molecule has 14 rings (SSSR count). The zero-order valence-electron chi connectivity index (χ0n) is 82.0. The number of hydrogen-bond acceptors (Lipinski definition) is 35. The van der Waals surface area contributed by atoms with Crippen LogP contribution in [-0.4, -0.2) is 315 Å². The third-order valence-corrected chi connectivity index (χ3v) is 26.6. The number of ether oxygens (including phenoxy) is 8. The first-order valence-corrected chi connectivity index (χ1v) is 49.0. The molecule has 4 fully saturated rings. The summed E-state index contributed by atoms with van der Waals surface area (Å²) in [4.78, 5) is 133. The Balaban J connectivity index is 0.000000227. The number of aryl methyl sites for hydroxylation is 2. The molecule has 145 heavy (non-hydrogen) atoms. The number of carboxylic acids is 1. The second-order valence-corrected chi connectivity index (χ2v) is 39.1. The Labute approximate surface area is 854 Å². The fraction of sp³-hybridized carbons (Fsp3) is 0.485. The number of thiazole rings is 2. The van der Waals surface area contributed by atoms with Crippen LogP contribution < -0.4 is 53.3 Å². The Kier molecular flexibility index (Phi) is 41.0. The van der Waals surface area contributed by atoms with Crippen molar-refractivity contribution in [3.63, 3.8) is 0 Å². The van der Waals surface area contributed by atoms with E-state index in [4.69, 9.17) is 84.8 Å². The second-order valence-electron chi connectivity index (χ2n) is 36.6. The van der Waals surface area contributed by atoms with Crippen LogP contribution in [0, 0.1) is 24.7 Å². The van der Waals surface area contributed by atoms with E-state index in [1.807, 2.05) is 109 Å². The molecule has 7 amide bonds. The first kappa shape index (κ1) is 112. The maximum atomic E-state index is 14.0. The number of benzene rings is 4. The minimum Gasteiger partial charge on any atom is -0.482 e. The lowest BCUT2D eigenvalue weighted by molar-refractivity contribution is -0.144. The summed E-state index contributed by atoms with van der Waals surface area (Å²) in [5.41, 5.74) is 26.5. The van der Waals surface area contributed by atoms with E-state index in [9.17, 15) is 83.6 Å². The molecule has 4 aliphatic heterocycles. The van der Waals surface area contributed by atoms with Crippen LogP contribution in [0.4, 0.5) is 16.0 Å². The van der Waals surface area contributed by atoms with Gasteiger partial charge in [0.25, 0.3) is 5.91 Å². The van der Waals surface area contributed by atoms with Crippen LogP contribution >= 0.6 is 45.9 Å². The molecule has 20 N–H and O–H groups in total. The van der Waals surface area contributed by atoms with Gasteiger partial charge < -0.3 is 147 Å². The highest BCUT2D eigenvalue weighted by Crippen LogP contribution is 2.43. The van der Waals surface area contributed by atoms with Crippen LogP contribution in [0.2, 0.25) is 10.0 Å². The van der Waals surface area contributed by atoms with Gasteiger partial charge in [-0.15, -0.1) is 22.7 Å². The lowest BCUT2D eigenvalue weighted by atomic mass is 9.85. The monoisotopic (exact) mass is 2100 g/mol. The maximum Gasteiger partial charge on any atom is 0.341 e. The van der Waals surface area contributed by atoms with Gasteiger partial charge in [-0.2, -0.15) is 0 Å². The number of likely N-dealkylation sites (tertiary alicyclic amines) is 2. The number of nitrogens with one attached hydrogen (secondary N) is 5. The van der Waals surface area contributed by atoms with Gasteiger partial charge in [-0.1, -0.05) is 125 Å². The van der Waals surface area contributed by atoms with Crippen molar-refractivity contribution >= 4 is 127 Å². The number of β-amino-alcohol motifs (C(OH)–C–C–N with tert-alkyl or cyclic N) is 2. The smallest absolute Gasteiger partial charge is 0.341 e. The maximum absolute atomic E-state index is 14.0. The summed E-state index contributed by atoms with van der Waals surface area (Å²) in [6.07, 6.45) is -8.91. The Morgan fingerprint density at radius 2 is 0.924 bits per heavy atom. The van der Waals surface area contributed by atoms with Crippen molar-refractivity contribution in [2.24, 2.45) is 16.6 Å². The predicted octanol–water partition coefficient (Wildman–Crippen LogP) is 4.86. The Bertz CT molecular complexity index is 6030. The summed E-state index contributed by atoms with van der Waals surface area (Å²) < 4.78 is 62.8. The van der Waals surface area contributed by atoms with Gasteiger partial charge in [0.15, 0.2) is 25.7 Å². The molecular weight excluding hydrogens is 1970 g/mol. The SMILES string of the molecule is Cc1ncsc1-c1ccc(CNC(=O)C2C[C@@H](O)CN2C(=O)[C@@H](NC(=O)CCOCCOCCN)C(C)(C)C)cc1.Cc1ncsc1-c1ccc(CNC(=O)[C@@H]2C[C@@H](O)CN2C(=O)[C@@H](NC(=O)CCOCCOCCNC(=O)COc2cc([C@@H](O)[C@H]3O[C@@H](n4ccc5c(N)ncnc54)[C@H](O)[C@@H]3O)ccc2Cl)C(C)(C)C)cc1.Nc1ncnc2c1ccn2[C@@H]1O[C@H]([C@H](O)c2ccc(Cl)c(OCC(=O)O)c2)[C@@H](O)[C@H]1O.[2H]CF. The number of aliphatic hydroxyl groups excluding tert-OH is 8. The average Bonchev–Trinajstić information content (AvgIpc) is 1.61. The molecule has 0 radical (unpaired) electrons. The molecule has 16 atom stereocenters. The van der Waals surface area contributed by atoms with Crippen molar-refractivity contribution in [2.75, 3.05) is 111 Å². The minimum absolute atomic E-state index is 0.0220. The highest BCUT2D eigenvalue weighted by atomic mass is 35.5. The van der Waals surface area contributed by atoms with Gasteiger partial charge in [0, 0.05) is 77.3 Å². The number of aromatic nitrogens is 8. The van der Waals surface area contributed by atoms with Crippen LogP contribution in [0.25, 0.3) is 42.9 Å². The average molecular weight is 2100 g/mol. The lowest BCUT2D eigenvalue weighted by Crippen LogP contribution is -2.57. The zero-order chi connectivity index (χ0) is 106. The summed E-state index contributed by atoms with van der Waals surface area (Å²) >= 11 is 15.5. The predicted molar refractivity (Wildman–Crippen MR) is 532 cm³/mol. The number of fused-ring (bicyclic) bond motifs is 2. The van der Waals surface area contributed by atoms with Crippen molar-refractivity contribution in [1.82, 2.24) is 75.4 Å². The minimum atomic E-state index is -1.49. The van der Waals surface area contributed by atoms with Gasteiger partial charge in [0.1, 0.15) is 120 Å². The van der Waals surface area contributed by atoms with Gasteiger partial charge in [0.05, 0.1) is 127 Å². The molecule has 48 heteroatoms. The molecule has 1 unspecified atom stereocenters.